The molecule has 0 amide bonds. The first-order chi connectivity index (χ1) is 24.4. The summed E-state index contributed by atoms with van der Waals surface area (Å²) in [6.45, 7) is 17.2. The molecule has 0 N–H and O–H groups in total. The van der Waals surface area contributed by atoms with Gasteiger partial charge in [-0.05, 0) is 125 Å². The predicted octanol–water partition coefficient (Wildman–Crippen LogP) is 13.8. The lowest BCUT2D eigenvalue weighted by molar-refractivity contribution is 1.43. The van der Waals surface area contributed by atoms with E-state index in [1.54, 1.807) is 0 Å². The fourth-order valence-corrected chi connectivity index (χ4v) is 6.47. The number of rotatable bonds is 9. The molecule has 1 aliphatic carbocycles. The highest BCUT2D eigenvalue weighted by atomic mass is 14.3. The van der Waals surface area contributed by atoms with Crippen molar-refractivity contribution in [2.75, 3.05) is 0 Å². The maximum absolute atomic E-state index is 4.82. The molecule has 0 saturated heterocycles. The lowest BCUT2D eigenvalue weighted by Gasteiger charge is -2.29. The van der Waals surface area contributed by atoms with Crippen LogP contribution in [0.25, 0.3) is 55.7 Å². The largest absolute Gasteiger partial charge is 0.120 e. The second-order valence-corrected chi connectivity index (χ2v) is 12.8. The number of benzene rings is 5. The molecule has 0 nitrogen and oxygen atoms in total. The Bertz CT molecular complexity index is 2280. The minimum atomic E-state index is 0.926. The monoisotopic (exact) mass is 642 g/mol. The van der Waals surface area contributed by atoms with Crippen LogP contribution < -0.4 is 0 Å². The highest BCUT2D eigenvalue weighted by Gasteiger charge is 2.29. The van der Waals surface area contributed by atoms with Gasteiger partial charge in [0.1, 0.15) is 0 Å². The average Bonchev–Trinajstić information content (AvgIpc) is 3.11. The summed E-state index contributed by atoms with van der Waals surface area (Å²) in [6.07, 6.45) is 18.2. The van der Waals surface area contributed by atoms with E-state index in [0.29, 0.717) is 0 Å². The van der Waals surface area contributed by atoms with Gasteiger partial charge in [-0.3, -0.25) is 0 Å². The molecule has 0 aliphatic heterocycles. The van der Waals surface area contributed by atoms with E-state index in [0.717, 1.165) is 72.4 Å². The molecule has 0 bridgehead atoms. The van der Waals surface area contributed by atoms with E-state index in [4.69, 9.17) is 6.58 Å². The van der Waals surface area contributed by atoms with Crippen LogP contribution in [-0.4, -0.2) is 0 Å². The van der Waals surface area contributed by atoms with Gasteiger partial charge in [-0.2, -0.15) is 0 Å². The van der Waals surface area contributed by atoms with Crippen molar-refractivity contribution in [1.29, 1.82) is 0 Å². The smallest absolute Gasteiger partial charge is 0.000745 e. The van der Waals surface area contributed by atoms with Crippen molar-refractivity contribution in [3.05, 3.63) is 216 Å². The van der Waals surface area contributed by atoms with E-state index in [1.807, 2.05) is 30.4 Å². The molecule has 0 radical (unpaired) electrons. The zero-order valence-electron chi connectivity index (χ0n) is 29.4. The van der Waals surface area contributed by atoms with E-state index in [1.165, 1.54) is 16.7 Å². The molecule has 0 fully saturated rings. The molecular formula is C50H42. The van der Waals surface area contributed by atoms with Crippen LogP contribution >= 0.6 is 0 Å². The Balaban J connectivity index is 1.94. The number of aryl methyl sites for hydroxylation is 3. The summed E-state index contributed by atoms with van der Waals surface area (Å²) in [5.74, 6) is 0. The molecule has 1 aliphatic rings. The van der Waals surface area contributed by atoms with Gasteiger partial charge in [-0.15, -0.1) is 11.5 Å². The van der Waals surface area contributed by atoms with Crippen molar-refractivity contribution in [2.45, 2.75) is 27.7 Å². The first-order valence-electron chi connectivity index (χ1n) is 17.1. The predicted molar refractivity (Wildman–Crippen MR) is 218 cm³/mol. The van der Waals surface area contributed by atoms with Crippen LogP contribution in [0.4, 0.5) is 0 Å². The standard InChI is InChI=1S/C50H42/c1-7-16-35(2)21-28-39(6)45-46(42-29-22-36(3)23-30-42)48(40-19-14-11-15-20-40)49(41-17-12-9-8-10-13-18-41)50(44-33-26-38(5)27-34-44)47(45)43-31-24-37(4)25-32-43/h7-9,11,13-34H,1,6H2,2-5H3/b28-21-,35-16-,41-18+. The first kappa shape index (κ1) is 33.7. The summed E-state index contributed by atoms with van der Waals surface area (Å²) in [4.78, 5) is 0. The van der Waals surface area contributed by atoms with Crippen LogP contribution in [0.3, 0.4) is 0 Å². The van der Waals surface area contributed by atoms with Gasteiger partial charge in [0.05, 0.1) is 0 Å². The molecule has 6 rings (SSSR count). The molecule has 0 heterocycles. The molecule has 5 aromatic carbocycles. The molecule has 50 heavy (non-hydrogen) atoms. The summed E-state index contributed by atoms with van der Waals surface area (Å²) in [5.41, 5.74) is 24.7. The molecule has 5 aromatic rings. The molecule has 0 spiro atoms. The Morgan fingerprint density at radius 2 is 1.02 bits per heavy atom. The third-order valence-corrected chi connectivity index (χ3v) is 8.99. The number of hydrogen-bond acceptors (Lipinski definition) is 0. The normalized spacial score (nSPS) is 13.6. The molecular weight excluding hydrogens is 601 g/mol. The lowest BCUT2D eigenvalue weighted by atomic mass is 9.73. The Hall–Kier alpha value is -6.16. The van der Waals surface area contributed by atoms with Crippen LogP contribution in [0.1, 0.15) is 34.7 Å². The van der Waals surface area contributed by atoms with Crippen molar-refractivity contribution in [2.24, 2.45) is 0 Å². The maximum Gasteiger partial charge on any atom is -0.000745 e. The van der Waals surface area contributed by atoms with E-state index < -0.39 is 0 Å². The van der Waals surface area contributed by atoms with Crippen molar-refractivity contribution in [3.8, 4) is 44.5 Å². The molecule has 0 unspecified atom stereocenters. The molecule has 0 atom stereocenters. The summed E-state index contributed by atoms with van der Waals surface area (Å²) >= 11 is 0. The fourth-order valence-electron chi connectivity index (χ4n) is 6.47. The van der Waals surface area contributed by atoms with Crippen LogP contribution in [0, 0.1) is 20.8 Å². The molecule has 0 heteroatoms. The zero-order chi connectivity index (χ0) is 35.0. The van der Waals surface area contributed by atoms with Gasteiger partial charge in [0.25, 0.3) is 0 Å². The summed E-state index contributed by atoms with van der Waals surface area (Å²) in [7, 11) is 0. The van der Waals surface area contributed by atoms with Crippen LogP contribution in [0.5, 0.6) is 0 Å². The topological polar surface area (TPSA) is 0 Å². The minimum absolute atomic E-state index is 0.926. The highest BCUT2D eigenvalue weighted by Crippen LogP contribution is 2.53. The molecule has 0 aromatic heterocycles. The van der Waals surface area contributed by atoms with Crippen molar-refractivity contribution >= 4 is 11.1 Å². The minimum Gasteiger partial charge on any atom is -0.120 e. The van der Waals surface area contributed by atoms with E-state index in [-0.39, 0.29) is 0 Å². The van der Waals surface area contributed by atoms with Gasteiger partial charge in [-0.1, -0.05) is 163 Å². The lowest BCUT2D eigenvalue weighted by Crippen LogP contribution is -2.05. The van der Waals surface area contributed by atoms with Gasteiger partial charge in [0.2, 0.25) is 0 Å². The van der Waals surface area contributed by atoms with Crippen molar-refractivity contribution in [1.82, 2.24) is 0 Å². The second-order valence-electron chi connectivity index (χ2n) is 12.8. The fraction of sp³-hybridized carbons (Fsp3) is 0.0800. The van der Waals surface area contributed by atoms with Gasteiger partial charge in [-0.25, -0.2) is 0 Å². The third kappa shape index (κ3) is 7.29. The van der Waals surface area contributed by atoms with E-state index in [9.17, 15) is 0 Å². The summed E-state index contributed by atoms with van der Waals surface area (Å²) in [5, 5.41) is 0. The van der Waals surface area contributed by atoms with Crippen molar-refractivity contribution < 1.29 is 0 Å². The summed E-state index contributed by atoms with van der Waals surface area (Å²) < 4.78 is 0. The van der Waals surface area contributed by atoms with Crippen LogP contribution in [0.2, 0.25) is 0 Å². The Morgan fingerprint density at radius 3 is 1.54 bits per heavy atom. The Kier molecular flexibility index (Phi) is 10.4. The average molecular weight is 643 g/mol. The highest BCUT2D eigenvalue weighted by molar-refractivity contribution is 6.12. The Labute approximate surface area is 298 Å². The van der Waals surface area contributed by atoms with Crippen LogP contribution in [-0.2, 0) is 0 Å². The SMILES string of the molecule is C=C/C=C(C)\C=C/C(=C)c1c(-c2ccc(C)cc2)c(-c2ccccc2)c(/C2=C/C=C=CC=C=C2)c(-c2ccc(C)cc2)c1-c1ccc(C)cc1. The van der Waals surface area contributed by atoms with Gasteiger partial charge in [0.15, 0.2) is 0 Å². The maximum atomic E-state index is 4.82. The third-order valence-electron chi connectivity index (χ3n) is 8.99. The van der Waals surface area contributed by atoms with E-state index >= 15 is 0 Å². The van der Waals surface area contributed by atoms with E-state index in [2.05, 4.69) is 173 Å². The second kappa shape index (κ2) is 15.4. The van der Waals surface area contributed by atoms with Gasteiger partial charge >= 0.3 is 0 Å². The first-order valence-corrected chi connectivity index (χ1v) is 17.1. The van der Waals surface area contributed by atoms with Crippen molar-refractivity contribution in [3.63, 3.8) is 0 Å². The number of allylic oxidation sites excluding steroid dienone is 10. The van der Waals surface area contributed by atoms with Gasteiger partial charge < -0.3 is 0 Å². The summed E-state index contributed by atoms with van der Waals surface area (Å²) in [6, 6.07) is 37.5. The Morgan fingerprint density at radius 1 is 0.540 bits per heavy atom. The number of hydrogen-bond donors (Lipinski definition) is 0. The van der Waals surface area contributed by atoms with Crippen LogP contribution in [0.15, 0.2) is 188 Å². The zero-order valence-corrected chi connectivity index (χ0v) is 29.4. The van der Waals surface area contributed by atoms with Gasteiger partial charge in [0, 0.05) is 0 Å². The quantitative estimate of drug-likeness (QED) is 0.111. The molecule has 0 saturated carbocycles. The molecule has 242 valence electrons.